The van der Waals surface area contributed by atoms with Gasteiger partial charge < -0.3 is 20.1 Å². The summed E-state index contributed by atoms with van der Waals surface area (Å²) >= 11 is 0. The lowest BCUT2D eigenvalue weighted by Crippen LogP contribution is -2.53. The topological polar surface area (TPSA) is 64.8 Å². The smallest absolute Gasteiger partial charge is 0.230 e. The molecular formula is C16H29ClN2O3. The van der Waals surface area contributed by atoms with Gasteiger partial charge in [0.25, 0.3) is 0 Å². The molecule has 0 atom stereocenters. The maximum absolute atomic E-state index is 12.8. The fourth-order valence-corrected chi connectivity index (χ4v) is 3.39. The van der Waals surface area contributed by atoms with E-state index in [-0.39, 0.29) is 23.7 Å². The van der Waals surface area contributed by atoms with Gasteiger partial charge in [-0.25, -0.2) is 0 Å². The van der Waals surface area contributed by atoms with Gasteiger partial charge in [0.1, 0.15) is 0 Å². The third kappa shape index (κ3) is 4.13. The first-order valence-corrected chi connectivity index (χ1v) is 8.42. The second-order valence-electron chi connectivity index (χ2n) is 6.87. The summed E-state index contributed by atoms with van der Waals surface area (Å²) in [5.41, 5.74) is 5.56. The van der Waals surface area contributed by atoms with Crippen LogP contribution >= 0.6 is 12.4 Å². The van der Waals surface area contributed by atoms with Gasteiger partial charge in [-0.05, 0) is 44.4 Å². The van der Waals surface area contributed by atoms with Crippen molar-refractivity contribution < 1.29 is 14.3 Å². The van der Waals surface area contributed by atoms with E-state index in [1.165, 1.54) is 12.8 Å². The van der Waals surface area contributed by atoms with E-state index in [0.717, 1.165) is 51.3 Å². The number of carbonyl (C=O) groups excluding carboxylic acids is 1. The van der Waals surface area contributed by atoms with Crippen molar-refractivity contribution in [1.29, 1.82) is 0 Å². The Morgan fingerprint density at radius 1 is 1.18 bits per heavy atom. The summed E-state index contributed by atoms with van der Waals surface area (Å²) in [5.74, 6) is 1.06. The molecule has 2 heterocycles. The molecule has 3 aliphatic rings. The molecule has 3 fully saturated rings. The van der Waals surface area contributed by atoms with E-state index in [1.807, 2.05) is 4.90 Å². The summed E-state index contributed by atoms with van der Waals surface area (Å²) < 4.78 is 11.3. The van der Waals surface area contributed by atoms with Crippen LogP contribution in [0, 0.1) is 11.3 Å². The number of likely N-dealkylation sites (tertiary alicyclic amines) is 1. The summed E-state index contributed by atoms with van der Waals surface area (Å²) in [6, 6.07) is 0. The highest BCUT2D eigenvalue weighted by atomic mass is 35.5. The van der Waals surface area contributed by atoms with Crippen molar-refractivity contribution in [2.45, 2.75) is 44.6 Å². The molecule has 128 valence electrons. The van der Waals surface area contributed by atoms with E-state index in [4.69, 9.17) is 15.2 Å². The van der Waals surface area contributed by atoms with Gasteiger partial charge in [0.2, 0.25) is 5.91 Å². The SMILES string of the molecule is Cl.NCC1(C(=O)N2CCC(OCC3CC3)CC2)CCOCC1. The molecule has 22 heavy (non-hydrogen) atoms. The number of nitrogens with zero attached hydrogens (tertiary/aromatic N) is 1. The number of nitrogens with two attached hydrogens (primary N) is 1. The molecule has 5 nitrogen and oxygen atoms in total. The maximum Gasteiger partial charge on any atom is 0.230 e. The maximum atomic E-state index is 12.8. The number of rotatable bonds is 5. The molecule has 1 amide bonds. The van der Waals surface area contributed by atoms with Crippen LogP contribution < -0.4 is 5.73 Å². The van der Waals surface area contributed by atoms with Crippen LogP contribution in [0.25, 0.3) is 0 Å². The number of amides is 1. The molecule has 0 bridgehead atoms. The molecule has 2 N–H and O–H groups in total. The number of hydrogen-bond donors (Lipinski definition) is 1. The molecular weight excluding hydrogens is 304 g/mol. The molecule has 1 saturated carbocycles. The monoisotopic (exact) mass is 332 g/mol. The molecule has 0 aromatic rings. The molecule has 0 spiro atoms. The highest BCUT2D eigenvalue weighted by Gasteiger charge is 2.42. The summed E-state index contributed by atoms with van der Waals surface area (Å²) in [6.45, 7) is 4.30. The molecule has 0 unspecified atom stereocenters. The van der Waals surface area contributed by atoms with Crippen molar-refractivity contribution in [3.8, 4) is 0 Å². The van der Waals surface area contributed by atoms with Crippen molar-refractivity contribution in [2.75, 3.05) is 39.5 Å². The molecule has 1 aliphatic carbocycles. The third-order valence-electron chi connectivity index (χ3n) is 5.29. The number of halogens is 1. The van der Waals surface area contributed by atoms with E-state index < -0.39 is 0 Å². The minimum absolute atomic E-state index is 0. The Bertz CT molecular complexity index is 362. The van der Waals surface area contributed by atoms with Crippen molar-refractivity contribution in [3.05, 3.63) is 0 Å². The second-order valence-corrected chi connectivity index (χ2v) is 6.87. The molecule has 3 rings (SSSR count). The minimum Gasteiger partial charge on any atom is -0.381 e. The van der Waals surface area contributed by atoms with Gasteiger partial charge >= 0.3 is 0 Å². The lowest BCUT2D eigenvalue weighted by atomic mass is 9.78. The van der Waals surface area contributed by atoms with E-state index in [0.29, 0.717) is 25.9 Å². The van der Waals surface area contributed by atoms with Crippen LogP contribution in [0.1, 0.15) is 38.5 Å². The molecule has 0 aromatic carbocycles. The van der Waals surface area contributed by atoms with Crippen LogP contribution in [0.2, 0.25) is 0 Å². The van der Waals surface area contributed by atoms with E-state index >= 15 is 0 Å². The summed E-state index contributed by atoms with van der Waals surface area (Å²) in [6.07, 6.45) is 6.47. The van der Waals surface area contributed by atoms with Crippen LogP contribution in [0.3, 0.4) is 0 Å². The Labute approximate surface area is 139 Å². The highest BCUT2D eigenvalue weighted by molar-refractivity contribution is 5.85. The van der Waals surface area contributed by atoms with Crippen LogP contribution in [-0.2, 0) is 14.3 Å². The zero-order chi connectivity index (χ0) is 14.7. The fourth-order valence-electron chi connectivity index (χ4n) is 3.39. The van der Waals surface area contributed by atoms with Crippen LogP contribution in [0.5, 0.6) is 0 Å². The van der Waals surface area contributed by atoms with Gasteiger partial charge in [0.05, 0.1) is 11.5 Å². The van der Waals surface area contributed by atoms with Crippen molar-refractivity contribution in [2.24, 2.45) is 17.1 Å². The van der Waals surface area contributed by atoms with Gasteiger partial charge in [-0.1, -0.05) is 0 Å². The lowest BCUT2D eigenvalue weighted by Gasteiger charge is -2.41. The average molecular weight is 333 g/mol. The van der Waals surface area contributed by atoms with E-state index in [9.17, 15) is 4.79 Å². The number of hydrogen-bond acceptors (Lipinski definition) is 4. The largest absolute Gasteiger partial charge is 0.381 e. The Kier molecular flexibility index (Phi) is 6.50. The second kappa shape index (κ2) is 7.95. The zero-order valence-electron chi connectivity index (χ0n) is 13.3. The van der Waals surface area contributed by atoms with Gasteiger partial charge in [0, 0.05) is 39.5 Å². The normalized spacial score (nSPS) is 25.6. The molecule has 6 heteroatoms. The van der Waals surface area contributed by atoms with Crippen molar-refractivity contribution in [3.63, 3.8) is 0 Å². The standard InChI is InChI=1S/C16H28N2O3.ClH/c17-12-16(5-9-20-10-6-16)15(19)18-7-3-14(4-8-18)21-11-13-1-2-13;/h13-14H,1-12,17H2;1H. The van der Waals surface area contributed by atoms with E-state index in [2.05, 4.69) is 0 Å². The quantitative estimate of drug-likeness (QED) is 0.830. The van der Waals surface area contributed by atoms with Crippen LogP contribution in [-0.4, -0.2) is 56.4 Å². The third-order valence-corrected chi connectivity index (χ3v) is 5.29. The van der Waals surface area contributed by atoms with Gasteiger partial charge in [-0.15, -0.1) is 12.4 Å². The predicted molar refractivity (Wildman–Crippen MR) is 87.1 cm³/mol. The fraction of sp³-hybridized carbons (Fsp3) is 0.938. The number of carbonyl (C=O) groups is 1. The van der Waals surface area contributed by atoms with Crippen molar-refractivity contribution >= 4 is 18.3 Å². The van der Waals surface area contributed by atoms with Gasteiger partial charge in [-0.3, -0.25) is 4.79 Å². The molecule has 0 aromatic heterocycles. The molecule has 0 radical (unpaired) electrons. The predicted octanol–water partition coefficient (Wildman–Crippen LogP) is 1.58. The summed E-state index contributed by atoms with van der Waals surface area (Å²) in [5, 5.41) is 0. The summed E-state index contributed by atoms with van der Waals surface area (Å²) in [4.78, 5) is 14.8. The Morgan fingerprint density at radius 2 is 1.82 bits per heavy atom. The van der Waals surface area contributed by atoms with Crippen LogP contribution in [0.4, 0.5) is 0 Å². The first kappa shape index (κ1) is 18.0. The van der Waals surface area contributed by atoms with Crippen molar-refractivity contribution in [1.82, 2.24) is 4.90 Å². The molecule has 2 aliphatic heterocycles. The number of piperidine rings is 1. The minimum atomic E-state index is -0.375. The highest BCUT2D eigenvalue weighted by Crippen LogP contribution is 2.33. The lowest BCUT2D eigenvalue weighted by molar-refractivity contribution is -0.149. The number of ether oxygens (including phenoxy) is 2. The first-order chi connectivity index (χ1) is 10.2. The van der Waals surface area contributed by atoms with E-state index in [1.54, 1.807) is 0 Å². The van der Waals surface area contributed by atoms with Crippen LogP contribution in [0.15, 0.2) is 0 Å². The summed E-state index contributed by atoms with van der Waals surface area (Å²) in [7, 11) is 0. The molecule has 2 saturated heterocycles. The van der Waals surface area contributed by atoms with Gasteiger partial charge in [0.15, 0.2) is 0 Å². The Balaban J connectivity index is 0.00000176. The van der Waals surface area contributed by atoms with Gasteiger partial charge in [-0.2, -0.15) is 0 Å². The Morgan fingerprint density at radius 3 is 2.36 bits per heavy atom. The Hall–Kier alpha value is -0.360. The first-order valence-electron chi connectivity index (χ1n) is 8.42. The zero-order valence-corrected chi connectivity index (χ0v) is 14.1. The average Bonchev–Trinajstić information content (AvgIpc) is 3.38.